The van der Waals surface area contributed by atoms with E-state index in [4.69, 9.17) is 4.74 Å². The predicted octanol–water partition coefficient (Wildman–Crippen LogP) is 4.28. The first-order valence-corrected chi connectivity index (χ1v) is 10.6. The molecule has 0 saturated carbocycles. The van der Waals surface area contributed by atoms with E-state index in [0.717, 1.165) is 24.2 Å². The minimum atomic E-state index is -0.235. The topological polar surface area (TPSA) is 32.8 Å². The number of nitrogens with zero attached hydrogens (tertiary/aromatic N) is 2. The van der Waals surface area contributed by atoms with E-state index < -0.39 is 0 Å². The van der Waals surface area contributed by atoms with Gasteiger partial charge in [-0.2, -0.15) is 0 Å². The van der Waals surface area contributed by atoms with Crippen molar-refractivity contribution in [3.8, 4) is 0 Å². The van der Waals surface area contributed by atoms with Gasteiger partial charge in [0.1, 0.15) is 12.4 Å². The molecule has 0 aliphatic carbocycles. The van der Waals surface area contributed by atoms with Crippen molar-refractivity contribution in [2.45, 2.75) is 12.6 Å². The van der Waals surface area contributed by atoms with Crippen LogP contribution in [-0.2, 0) is 16.1 Å². The Bertz CT molecular complexity index is 956. The van der Waals surface area contributed by atoms with E-state index in [1.807, 2.05) is 65.6 Å². The number of hydrogen-bond donors (Lipinski definition) is 0. The largest absolute Gasteiger partial charge is 0.367 e. The molecule has 0 radical (unpaired) electrons. The van der Waals surface area contributed by atoms with E-state index in [1.165, 1.54) is 17.7 Å². The van der Waals surface area contributed by atoms with Crippen LogP contribution in [-0.4, -0.2) is 48.5 Å². The lowest BCUT2D eigenvalue weighted by Crippen LogP contribution is -2.50. The summed E-state index contributed by atoms with van der Waals surface area (Å²) in [4.78, 5) is 16.8. The van der Waals surface area contributed by atoms with Gasteiger partial charge in [-0.25, -0.2) is 4.39 Å². The van der Waals surface area contributed by atoms with Gasteiger partial charge in [0, 0.05) is 26.2 Å². The summed E-state index contributed by atoms with van der Waals surface area (Å²) in [6, 6.07) is 26.9. The fraction of sp³-hybridized carbons (Fsp3) is 0.269. The highest BCUT2D eigenvalue weighted by atomic mass is 19.1. The van der Waals surface area contributed by atoms with Crippen LogP contribution < -0.4 is 0 Å². The van der Waals surface area contributed by atoms with Gasteiger partial charge in [-0.1, -0.05) is 72.8 Å². The van der Waals surface area contributed by atoms with Crippen LogP contribution in [0.5, 0.6) is 0 Å². The van der Waals surface area contributed by atoms with Crippen molar-refractivity contribution in [1.82, 2.24) is 9.80 Å². The molecule has 1 saturated heterocycles. The molecule has 3 aromatic rings. The lowest BCUT2D eigenvalue weighted by atomic mass is 9.96. The van der Waals surface area contributed by atoms with Crippen LogP contribution in [0.25, 0.3) is 0 Å². The predicted molar refractivity (Wildman–Crippen MR) is 119 cm³/mol. The first kappa shape index (κ1) is 21.2. The number of carbonyl (C=O) groups is 1. The SMILES string of the molecule is O=C(COCc1ccccc1)N1CCN(C(c2ccccc2)c2ccc(F)cc2)CC1. The Morgan fingerprint density at radius 1 is 0.806 bits per heavy atom. The highest BCUT2D eigenvalue weighted by molar-refractivity contribution is 5.77. The van der Waals surface area contributed by atoms with Crippen LogP contribution in [0.15, 0.2) is 84.9 Å². The van der Waals surface area contributed by atoms with Crippen molar-refractivity contribution in [3.05, 3.63) is 107 Å². The molecule has 0 N–H and O–H groups in total. The number of piperazine rings is 1. The molecular formula is C26H27FN2O2. The van der Waals surface area contributed by atoms with Gasteiger partial charge in [0.25, 0.3) is 0 Å². The summed E-state index contributed by atoms with van der Waals surface area (Å²) < 4.78 is 19.1. The molecule has 3 aromatic carbocycles. The zero-order chi connectivity index (χ0) is 21.5. The second-order valence-electron chi connectivity index (χ2n) is 7.76. The first-order chi connectivity index (χ1) is 15.2. The maximum atomic E-state index is 13.5. The number of halogens is 1. The average molecular weight is 419 g/mol. The van der Waals surface area contributed by atoms with Crippen LogP contribution in [0.1, 0.15) is 22.7 Å². The zero-order valence-corrected chi connectivity index (χ0v) is 17.5. The Balaban J connectivity index is 1.36. The summed E-state index contributed by atoms with van der Waals surface area (Å²) in [6.45, 7) is 3.33. The third-order valence-electron chi connectivity index (χ3n) is 5.67. The van der Waals surface area contributed by atoms with Gasteiger partial charge in [-0.05, 0) is 28.8 Å². The van der Waals surface area contributed by atoms with E-state index in [1.54, 1.807) is 0 Å². The molecule has 31 heavy (non-hydrogen) atoms. The van der Waals surface area contributed by atoms with Crippen LogP contribution in [0.4, 0.5) is 4.39 Å². The third-order valence-corrected chi connectivity index (χ3v) is 5.67. The normalized spacial score (nSPS) is 15.6. The summed E-state index contributed by atoms with van der Waals surface area (Å²) in [6.07, 6.45) is 0. The number of amides is 1. The zero-order valence-electron chi connectivity index (χ0n) is 17.5. The van der Waals surface area contributed by atoms with E-state index in [0.29, 0.717) is 19.7 Å². The Kier molecular flexibility index (Phi) is 7.07. The Labute approximate surface area is 182 Å². The minimum absolute atomic E-state index is 0.0219. The minimum Gasteiger partial charge on any atom is -0.367 e. The third kappa shape index (κ3) is 5.57. The van der Waals surface area contributed by atoms with Gasteiger partial charge in [0.2, 0.25) is 5.91 Å². The summed E-state index contributed by atoms with van der Waals surface area (Å²) in [5.41, 5.74) is 3.28. The highest BCUT2D eigenvalue weighted by Crippen LogP contribution is 2.29. The van der Waals surface area contributed by atoms with E-state index in [9.17, 15) is 9.18 Å². The second-order valence-corrected chi connectivity index (χ2v) is 7.76. The van der Waals surface area contributed by atoms with E-state index in [2.05, 4.69) is 17.0 Å². The molecule has 0 bridgehead atoms. The van der Waals surface area contributed by atoms with Gasteiger partial charge in [-0.3, -0.25) is 9.69 Å². The Morgan fingerprint density at radius 3 is 2.03 bits per heavy atom. The van der Waals surface area contributed by atoms with E-state index >= 15 is 0 Å². The molecule has 0 aromatic heterocycles. The fourth-order valence-electron chi connectivity index (χ4n) is 4.05. The van der Waals surface area contributed by atoms with Gasteiger partial charge in [-0.15, -0.1) is 0 Å². The molecule has 1 unspecified atom stereocenters. The Morgan fingerprint density at radius 2 is 1.39 bits per heavy atom. The fourth-order valence-corrected chi connectivity index (χ4v) is 4.05. The quantitative estimate of drug-likeness (QED) is 0.574. The molecule has 1 fully saturated rings. The summed E-state index contributed by atoms with van der Waals surface area (Å²) in [5, 5.41) is 0. The Hall–Kier alpha value is -3.02. The van der Waals surface area contributed by atoms with Gasteiger partial charge < -0.3 is 9.64 Å². The number of benzene rings is 3. The molecule has 4 nitrogen and oxygen atoms in total. The lowest BCUT2D eigenvalue weighted by molar-refractivity contribution is -0.138. The standard InChI is InChI=1S/C26H27FN2O2/c27-24-13-11-23(12-14-24)26(22-9-5-2-6-10-22)29-17-15-28(16-18-29)25(30)20-31-19-21-7-3-1-4-8-21/h1-14,26H,15-20H2. The van der Waals surface area contributed by atoms with Crippen LogP contribution in [0.3, 0.4) is 0 Å². The first-order valence-electron chi connectivity index (χ1n) is 10.6. The number of rotatable bonds is 7. The summed E-state index contributed by atoms with van der Waals surface area (Å²) in [7, 11) is 0. The summed E-state index contributed by atoms with van der Waals surface area (Å²) >= 11 is 0. The van der Waals surface area contributed by atoms with Crippen molar-refractivity contribution < 1.29 is 13.9 Å². The van der Waals surface area contributed by atoms with Crippen LogP contribution in [0.2, 0.25) is 0 Å². The van der Waals surface area contributed by atoms with Crippen molar-refractivity contribution in [1.29, 1.82) is 0 Å². The molecule has 1 aliphatic heterocycles. The lowest BCUT2D eigenvalue weighted by Gasteiger charge is -2.39. The number of hydrogen-bond acceptors (Lipinski definition) is 3. The maximum Gasteiger partial charge on any atom is 0.248 e. The monoisotopic (exact) mass is 418 g/mol. The van der Waals surface area contributed by atoms with Crippen molar-refractivity contribution in [2.24, 2.45) is 0 Å². The molecule has 1 atom stereocenters. The molecular weight excluding hydrogens is 391 g/mol. The van der Waals surface area contributed by atoms with Gasteiger partial charge >= 0.3 is 0 Å². The van der Waals surface area contributed by atoms with Gasteiger partial charge in [0.05, 0.1) is 12.6 Å². The molecule has 0 spiro atoms. The summed E-state index contributed by atoms with van der Waals surface area (Å²) in [5.74, 6) is -0.213. The highest BCUT2D eigenvalue weighted by Gasteiger charge is 2.28. The molecule has 4 rings (SSSR count). The van der Waals surface area contributed by atoms with Crippen molar-refractivity contribution in [3.63, 3.8) is 0 Å². The smallest absolute Gasteiger partial charge is 0.248 e. The molecule has 1 heterocycles. The molecule has 1 aliphatic rings. The van der Waals surface area contributed by atoms with Gasteiger partial charge in [0.15, 0.2) is 0 Å². The number of carbonyl (C=O) groups excluding carboxylic acids is 1. The van der Waals surface area contributed by atoms with E-state index in [-0.39, 0.29) is 24.4 Å². The molecule has 160 valence electrons. The van der Waals surface area contributed by atoms with Crippen molar-refractivity contribution in [2.75, 3.05) is 32.8 Å². The maximum absolute atomic E-state index is 13.5. The molecule has 1 amide bonds. The second kappa shape index (κ2) is 10.3. The average Bonchev–Trinajstić information content (AvgIpc) is 2.82. The van der Waals surface area contributed by atoms with Crippen LogP contribution >= 0.6 is 0 Å². The molecule has 5 heteroatoms. The van der Waals surface area contributed by atoms with Crippen LogP contribution in [0, 0.1) is 5.82 Å². The van der Waals surface area contributed by atoms with Crippen molar-refractivity contribution >= 4 is 5.91 Å². The number of ether oxygens (including phenoxy) is 1.